The minimum absolute atomic E-state index is 0.0396. The number of carbonyl (C=O) groups excluding carboxylic acids is 2. The van der Waals surface area contributed by atoms with E-state index in [1.165, 1.54) is 6.26 Å². The van der Waals surface area contributed by atoms with Gasteiger partial charge >= 0.3 is 0 Å². The van der Waals surface area contributed by atoms with Gasteiger partial charge in [0.15, 0.2) is 5.69 Å². The van der Waals surface area contributed by atoms with Crippen LogP contribution in [0.15, 0.2) is 10.8 Å². The lowest BCUT2D eigenvalue weighted by atomic mass is 9.81. The predicted molar refractivity (Wildman–Crippen MR) is 104 cm³/mol. The number of hydrogen-bond acceptors (Lipinski definition) is 6. The van der Waals surface area contributed by atoms with Crippen LogP contribution in [-0.2, 0) is 9.53 Å². The van der Waals surface area contributed by atoms with Gasteiger partial charge in [-0.1, -0.05) is 5.16 Å². The van der Waals surface area contributed by atoms with Crippen LogP contribution < -0.4 is 5.32 Å². The summed E-state index contributed by atoms with van der Waals surface area (Å²) in [6.07, 6.45) is 4.18. The Balaban J connectivity index is 1.78. The fraction of sp³-hybridized carbons (Fsp3) is 0.750. The van der Waals surface area contributed by atoms with Crippen LogP contribution in [0.4, 0.5) is 0 Å². The van der Waals surface area contributed by atoms with E-state index >= 15 is 0 Å². The number of likely N-dealkylation sites (N-methyl/N-ethyl adjacent to an activating group) is 1. The number of methoxy groups -OCH3 is 1. The molecule has 2 aliphatic heterocycles. The maximum Gasteiger partial charge on any atom is 0.274 e. The summed E-state index contributed by atoms with van der Waals surface area (Å²) in [7, 11) is 3.71. The summed E-state index contributed by atoms with van der Waals surface area (Å²) in [5, 5.41) is 7.00. The van der Waals surface area contributed by atoms with Gasteiger partial charge in [-0.25, -0.2) is 0 Å². The summed E-state index contributed by atoms with van der Waals surface area (Å²) in [5.74, 6) is -0.111. The number of aryl methyl sites for hydroxylation is 1. The lowest BCUT2D eigenvalue weighted by Gasteiger charge is -2.49. The first kappa shape index (κ1) is 20.8. The van der Waals surface area contributed by atoms with Gasteiger partial charge in [0.2, 0.25) is 5.91 Å². The number of amides is 2. The van der Waals surface area contributed by atoms with Crippen molar-refractivity contribution in [3.63, 3.8) is 0 Å². The van der Waals surface area contributed by atoms with Gasteiger partial charge in [-0.15, -0.1) is 0 Å². The Morgan fingerprint density at radius 3 is 2.82 bits per heavy atom. The monoisotopic (exact) mass is 392 g/mol. The van der Waals surface area contributed by atoms with Crippen LogP contribution >= 0.6 is 0 Å². The molecule has 3 heterocycles. The average molecular weight is 393 g/mol. The quantitative estimate of drug-likeness (QED) is 0.816. The first-order chi connectivity index (χ1) is 13.2. The van der Waals surface area contributed by atoms with Gasteiger partial charge in [0.05, 0.1) is 23.6 Å². The number of likely N-dealkylation sites (tertiary alicyclic amines) is 2. The van der Waals surface area contributed by atoms with E-state index in [1.807, 2.05) is 18.7 Å². The van der Waals surface area contributed by atoms with Crippen LogP contribution in [0.3, 0.4) is 0 Å². The van der Waals surface area contributed by atoms with Crippen LogP contribution in [0.1, 0.15) is 49.2 Å². The number of piperidine rings is 1. The summed E-state index contributed by atoms with van der Waals surface area (Å²) in [6, 6.07) is -0.0396. The van der Waals surface area contributed by atoms with Gasteiger partial charge in [-0.3, -0.25) is 14.5 Å². The Morgan fingerprint density at radius 1 is 1.43 bits per heavy atom. The lowest BCUT2D eigenvalue weighted by molar-refractivity contribution is -0.147. The highest BCUT2D eigenvalue weighted by Crippen LogP contribution is 2.38. The summed E-state index contributed by atoms with van der Waals surface area (Å²) < 4.78 is 10.2. The SMILES string of the molecule is COCC(C)(C)C(=O)N1CCCC2(C1)C(NC(=O)c1nocc1C)CCN2C. The minimum Gasteiger partial charge on any atom is -0.384 e. The molecular formula is C20H32N4O4. The number of aromatic nitrogens is 1. The number of nitrogens with one attached hydrogen (secondary N) is 1. The molecule has 28 heavy (non-hydrogen) atoms. The Hall–Kier alpha value is -1.93. The first-order valence-corrected chi connectivity index (χ1v) is 9.93. The van der Waals surface area contributed by atoms with Crippen molar-refractivity contribution in [3.8, 4) is 0 Å². The standard InChI is InChI=1S/C20H32N4O4/c1-14-11-28-22-16(14)17(25)21-15-7-10-23(4)20(15)8-6-9-24(12-20)18(26)19(2,3)13-27-5/h11,15H,6-10,12-13H2,1-5H3,(H,21,25). The molecule has 0 aliphatic carbocycles. The highest BCUT2D eigenvalue weighted by molar-refractivity contribution is 5.93. The van der Waals surface area contributed by atoms with Crippen molar-refractivity contribution in [2.75, 3.05) is 40.4 Å². The minimum atomic E-state index is -0.568. The van der Waals surface area contributed by atoms with Crippen molar-refractivity contribution < 1.29 is 18.8 Å². The van der Waals surface area contributed by atoms with Crippen molar-refractivity contribution in [2.45, 2.75) is 51.6 Å². The van der Waals surface area contributed by atoms with Gasteiger partial charge in [0, 0.05) is 32.3 Å². The molecule has 0 saturated carbocycles. The maximum absolute atomic E-state index is 13.1. The molecule has 2 unspecified atom stereocenters. The molecule has 2 atom stereocenters. The number of rotatable bonds is 5. The topological polar surface area (TPSA) is 87.9 Å². The summed E-state index contributed by atoms with van der Waals surface area (Å²) in [6.45, 7) is 8.27. The zero-order valence-corrected chi connectivity index (χ0v) is 17.6. The van der Waals surface area contributed by atoms with E-state index in [-0.39, 0.29) is 23.4 Å². The molecule has 156 valence electrons. The molecule has 2 aliphatic rings. The molecule has 3 rings (SSSR count). The van der Waals surface area contributed by atoms with E-state index in [1.54, 1.807) is 14.0 Å². The molecule has 0 bridgehead atoms. The second-order valence-corrected chi connectivity index (χ2v) is 8.83. The maximum atomic E-state index is 13.1. The molecule has 0 radical (unpaired) electrons. The van der Waals surface area contributed by atoms with Gasteiger partial charge in [-0.05, 0) is 47.1 Å². The molecule has 1 aromatic heterocycles. The molecule has 2 fully saturated rings. The zero-order chi connectivity index (χ0) is 20.5. The first-order valence-electron chi connectivity index (χ1n) is 9.93. The Labute approximate surface area is 166 Å². The van der Waals surface area contributed by atoms with E-state index < -0.39 is 5.41 Å². The molecule has 1 spiro atoms. The Bertz CT molecular complexity index is 732. The molecule has 2 amide bonds. The van der Waals surface area contributed by atoms with Crippen LogP contribution in [0, 0.1) is 12.3 Å². The predicted octanol–water partition coefficient (Wildman–Crippen LogP) is 1.45. The van der Waals surface area contributed by atoms with E-state index in [0.29, 0.717) is 18.8 Å². The lowest BCUT2D eigenvalue weighted by Crippen LogP contribution is -2.65. The highest BCUT2D eigenvalue weighted by atomic mass is 16.5. The van der Waals surface area contributed by atoms with E-state index in [2.05, 4.69) is 22.4 Å². The molecule has 8 heteroatoms. The van der Waals surface area contributed by atoms with E-state index in [0.717, 1.165) is 37.9 Å². The number of carbonyl (C=O) groups is 2. The second kappa shape index (κ2) is 7.83. The van der Waals surface area contributed by atoms with Crippen LogP contribution in [-0.4, -0.2) is 78.8 Å². The third-order valence-corrected chi connectivity index (χ3v) is 6.30. The van der Waals surface area contributed by atoms with E-state index in [9.17, 15) is 9.59 Å². The summed E-state index contributed by atoms with van der Waals surface area (Å²) in [5.41, 5.74) is 0.222. The smallest absolute Gasteiger partial charge is 0.274 e. The second-order valence-electron chi connectivity index (χ2n) is 8.83. The van der Waals surface area contributed by atoms with Crippen molar-refractivity contribution >= 4 is 11.8 Å². The van der Waals surface area contributed by atoms with Crippen molar-refractivity contribution in [1.82, 2.24) is 20.3 Å². The molecule has 1 aromatic rings. The van der Waals surface area contributed by atoms with E-state index in [4.69, 9.17) is 9.26 Å². The Morgan fingerprint density at radius 2 is 2.18 bits per heavy atom. The summed E-state index contributed by atoms with van der Waals surface area (Å²) in [4.78, 5) is 30.1. The normalized spacial score (nSPS) is 26.0. The molecular weight excluding hydrogens is 360 g/mol. The third kappa shape index (κ3) is 3.67. The fourth-order valence-corrected chi connectivity index (χ4v) is 4.70. The van der Waals surface area contributed by atoms with Gasteiger partial charge in [0.1, 0.15) is 6.26 Å². The van der Waals surface area contributed by atoms with Crippen molar-refractivity contribution in [3.05, 3.63) is 17.5 Å². The molecule has 0 aromatic carbocycles. The fourth-order valence-electron chi connectivity index (χ4n) is 4.70. The van der Waals surface area contributed by atoms with Gasteiger partial charge in [0.25, 0.3) is 5.91 Å². The van der Waals surface area contributed by atoms with Crippen LogP contribution in [0.2, 0.25) is 0 Å². The largest absolute Gasteiger partial charge is 0.384 e. The van der Waals surface area contributed by atoms with Crippen molar-refractivity contribution in [1.29, 1.82) is 0 Å². The van der Waals surface area contributed by atoms with Crippen LogP contribution in [0.25, 0.3) is 0 Å². The average Bonchev–Trinajstić information content (AvgIpc) is 3.20. The third-order valence-electron chi connectivity index (χ3n) is 6.30. The van der Waals surface area contributed by atoms with Crippen LogP contribution in [0.5, 0.6) is 0 Å². The van der Waals surface area contributed by atoms with Crippen molar-refractivity contribution in [2.24, 2.45) is 5.41 Å². The zero-order valence-electron chi connectivity index (χ0n) is 17.6. The Kier molecular flexibility index (Phi) is 5.82. The highest BCUT2D eigenvalue weighted by Gasteiger charge is 2.51. The molecule has 2 saturated heterocycles. The molecule has 1 N–H and O–H groups in total. The van der Waals surface area contributed by atoms with Gasteiger partial charge in [-0.2, -0.15) is 0 Å². The molecule has 8 nitrogen and oxygen atoms in total. The number of nitrogens with zero attached hydrogens (tertiary/aromatic N) is 3. The number of ether oxygens (including phenoxy) is 1. The van der Waals surface area contributed by atoms with Gasteiger partial charge < -0.3 is 19.5 Å². The summed E-state index contributed by atoms with van der Waals surface area (Å²) >= 11 is 0. The number of hydrogen-bond donors (Lipinski definition) is 1.